The van der Waals surface area contributed by atoms with Gasteiger partial charge in [-0.1, -0.05) is 0 Å². The van der Waals surface area contributed by atoms with Crippen molar-refractivity contribution >= 4 is 107 Å². The van der Waals surface area contributed by atoms with Crippen LogP contribution in [-0.4, -0.2) is 122 Å². The number of hydrogen-bond acceptors (Lipinski definition) is 3. The molecule has 1 aromatic carbocycles. The standard InChI is InChI=1S/C9H6O6.3Na.3H/c10-7(11)4-1-5(8(12)13)3-6(2-4)9(14)15;;;;;;/h1-3H,(H,10,11)(H,12,13)(H,14,15);;;;;;. The van der Waals surface area contributed by atoms with Gasteiger partial charge >= 0.3 is 107 Å². The first-order valence-electron chi connectivity index (χ1n) is 3.77. The predicted octanol–water partition coefficient (Wildman–Crippen LogP) is -1.16. The van der Waals surface area contributed by atoms with E-state index in [4.69, 9.17) is 15.3 Å². The maximum absolute atomic E-state index is 10.6. The SMILES string of the molecule is O=C(O)c1cc(C(=O)O)cc(C(=O)O)c1.[NaH].[NaH].[NaH]. The quantitative estimate of drug-likeness (QED) is 0.603. The van der Waals surface area contributed by atoms with E-state index in [9.17, 15) is 14.4 Å². The van der Waals surface area contributed by atoms with Crippen molar-refractivity contribution in [3.8, 4) is 0 Å². The van der Waals surface area contributed by atoms with Crippen LogP contribution in [-0.2, 0) is 0 Å². The summed E-state index contributed by atoms with van der Waals surface area (Å²) in [5, 5.41) is 25.8. The molecule has 0 fully saturated rings. The second kappa shape index (κ2) is 10.4. The van der Waals surface area contributed by atoms with E-state index in [1.54, 1.807) is 0 Å². The van der Waals surface area contributed by atoms with E-state index in [1.807, 2.05) is 0 Å². The number of carbonyl (C=O) groups is 3. The Balaban J connectivity index is -0.000000750. The Bertz CT molecular complexity index is 381. The van der Waals surface area contributed by atoms with Crippen LogP contribution < -0.4 is 0 Å². The second-order valence-electron chi connectivity index (χ2n) is 2.71. The molecule has 18 heavy (non-hydrogen) atoms. The second-order valence-corrected chi connectivity index (χ2v) is 2.71. The summed E-state index contributed by atoms with van der Waals surface area (Å²) in [6.45, 7) is 0. The Labute approximate surface area is 169 Å². The van der Waals surface area contributed by atoms with Crippen molar-refractivity contribution in [2.45, 2.75) is 0 Å². The van der Waals surface area contributed by atoms with Crippen LogP contribution in [0.3, 0.4) is 0 Å². The van der Waals surface area contributed by atoms with E-state index in [-0.39, 0.29) is 105 Å². The molecule has 1 rings (SSSR count). The van der Waals surface area contributed by atoms with Gasteiger partial charge in [-0.15, -0.1) is 0 Å². The van der Waals surface area contributed by atoms with E-state index < -0.39 is 17.9 Å². The van der Waals surface area contributed by atoms with Gasteiger partial charge in [-0.3, -0.25) is 0 Å². The molecule has 0 aliphatic carbocycles. The number of aromatic carboxylic acids is 3. The van der Waals surface area contributed by atoms with Gasteiger partial charge in [-0.25, -0.2) is 14.4 Å². The van der Waals surface area contributed by atoms with E-state index in [1.165, 1.54) is 0 Å². The topological polar surface area (TPSA) is 112 Å². The van der Waals surface area contributed by atoms with Crippen LogP contribution in [0.25, 0.3) is 0 Å². The molecule has 84 valence electrons. The van der Waals surface area contributed by atoms with E-state index >= 15 is 0 Å². The van der Waals surface area contributed by atoms with Crippen molar-refractivity contribution in [3.63, 3.8) is 0 Å². The Morgan fingerprint density at radius 2 is 0.778 bits per heavy atom. The summed E-state index contributed by atoms with van der Waals surface area (Å²) in [6, 6.07) is 2.70. The number of carboxylic acids is 3. The van der Waals surface area contributed by atoms with E-state index in [2.05, 4.69) is 0 Å². The number of carboxylic acid groups (broad SMARTS) is 3. The molecule has 0 spiro atoms. The molecule has 0 radical (unpaired) electrons. The number of rotatable bonds is 3. The fourth-order valence-corrected chi connectivity index (χ4v) is 0.998. The summed E-state index contributed by atoms with van der Waals surface area (Å²) in [7, 11) is 0. The predicted molar refractivity (Wildman–Crippen MR) is 68.8 cm³/mol. The van der Waals surface area contributed by atoms with Crippen molar-refractivity contribution in [1.82, 2.24) is 0 Å². The van der Waals surface area contributed by atoms with Crippen LogP contribution in [0.15, 0.2) is 18.2 Å². The minimum absolute atomic E-state index is 0. The zero-order valence-electron chi connectivity index (χ0n) is 7.30. The van der Waals surface area contributed by atoms with Crippen LogP contribution in [0, 0.1) is 0 Å². The first kappa shape index (κ1) is 23.7. The summed E-state index contributed by atoms with van der Waals surface area (Å²) in [6.07, 6.45) is 0. The molecule has 0 aliphatic heterocycles. The summed E-state index contributed by atoms with van der Waals surface area (Å²) in [5.41, 5.74) is -1.10. The molecule has 3 N–H and O–H groups in total. The molecule has 6 nitrogen and oxygen atoms in total. The molecule has 0 heterocycles. The Hall–Kier alpha value is 0.630. The first-order chi connectivity index (χ1) is 6.91. The average Bonchev–Trinajstić information content (AvgIpc) is 2.16. The van der Waals surface area contributed by atoms with Gasteiger partial charge in [0.1, 0.15) is 0 Å². The zero-order valence-corrected chi connectivity index (χ0v) is 7.30. The molecule has 0 bridgehead atoms. The van der Waals surface area contributed by atoms with E-state index in [0.717, 1.165) is 18.2 Å². The van der Waals surface area contributed by atoms with Gasteiger partial charge in [-0.2, -0.15) is 0 Å². The Kier molecular flexibility index (Phi) is 13.7. The number of hydrogen-bond donors (Lipinski definition) is 3. The molecule has 0 saturated heterocycles. The van der Waals surface area contributed by atoms with Gasteiger partial charge < -0.3 is 15.3 Å². The van der Waals surface area contributed by atoms with Gasteiger partial charge in [0.15, 0.2) is 0 Å². The Morgan fingerprint density at radius 1 is 0.611 bits per heavy atom. The Morgan fingerprint density at radius 3 is 0.889 bits per heavy atom. The molecule has 0 aliphatic rings. The molecule has 0 atom stereocenters. The monoisotopic (exact) mass is 282 g/mol. The third kappa shape index (κ3) is 6.70. The van der Waals surface area contributed by atoms with Crippen molar-refractivity contribution in [2.75, 3.05) is 0 Å². The average molecular weight is 282 g/mol. The molecule has 9 heteroatoms. The maximum atomic E-state index is 10.6. The van der Waals surface area contributed by atoms with Crippen LogP contribution in [0.5, 0.6) is 0 Å². The third-order valence-electron chi connectivity index (χ3n) is 1.67. The molecular weight excluding hydrogens is 273 g/mol. The van der Waals surface area contributed by atoms with Crippen molar-refractivity contribution in [2.24, 2.45) is 0 Å². The molecular formula is C9H9Na3O6. The van der Waals surface area contributed by atoms with Gasteiger partial charge in [0.2, 0.25) is 0 Å². The molecule has 0 aromatic heterocycles. The molecule has 1 aromatic rings. The molecule has 0 saturated carbocycles. The van der Waals surface area contributed by atoms with Crippen LogP contribution in [0.2, 0.25) is 0 Å². The van der Waals surface area contributed by atoms with Crippen molar-refractivity contribution in [1.29, 1.82) is 0 Å². The van der Waals surface area contributed by atoms with Gasteiger partial charge in [-0.05, 0) is 18.2 Å². The fraction of sp³-hybridized carbons (Fsp3) is 0. The fourth-order valence-electron chi connectivity index (χ4n) is 0.998. The minimum atomic E-state index is -1.37. The van der Waals surface area contributed by atoms with E-state index in [0.29, 0.717) is 0 Å². The zero-order chi connectivity index (χ0) is 11.6. The summed E-state index contributed by atoms with van der Waals surface area (Å²) in [5.74, 6) is -4.12. The number of benzene rings is 1. The third-order valence-corrected chi connectivity index (χ3v) is 1.67. The van der Waals surface area contributed by atoms with Crippen molar-refractivity contribution < 1.29 is 29.7 Å². The van der Waals surface area contributed by atoms with Gasteiger partial charge in [0.05, 0.1) is 16.7 Å². The van der Waals surface area contributed by atoms with Crippen molar-refractivity contribution in [3.05, 3.63) is 34.9 Å². The summed E-state index contributed by atoms with van der Waals surface area (Å²) in [4.78, 5) is 31.7. The van der Waals surface area contributed by atoms with Gasteiger partial charge in [0.25, 0.3) is 0 Å². The van der Waals surface area contributed by atoms with Crippen LogP contribution in [0.4, 0.5) is 0 Å². The van der Waals surface area contributed by atoms with Gasteiger partial charge in [0, 0.05) is 0 Å². The normalized spacial score (nSPS) is 8.00. The molecule has 0 amide bonds. The first-order valence-corrected chi connectivity index (χ1v) is 3.77. The summed E-state index contributed by atoms with van der Waals surface area (Å²) >= 11 is 0. The van der Waals surface area contributed by atoms with Crippen LogP contribution in [0.1, 0.15) is 31.1 Å². The summed E-state index contributed by atoms with van der Waals surface area (Å²) < 4.78 is 0. The van der Waals surface area contributed by atoms with Crippen LogP contribution >= 0.6 is 0 Å². The molecule has 0 unspecified atom stereocenters.